The molecule has 10 rings (SSSR count). The number of esters is 1. The summed E-state index contributed by atoms with van der Waals surface area (Å²) in [5.74, 6) is 6.67. The van der Waals surface area contributed by atoms with Crippen molar-refractivity contribution in [1.29, 1.82) is 0 Å². The number of aromatic nitrogens is 3. The number of aromatic carboxylic acids is 1. The number of Topliss-reactive ketones (excluding diaryl/α,β-unsaturated/α-hetero) is 1. The maximum Gasteiger partial charge on any atom is 0.490 e. The Labute approximate surface area is 623 Å². The molecule has 5 aromatic rings. The van der Waals surface area contributed by atoms with Gasteiger partial charge in [-0.2, -0.15) is 8.62 Å². The summed E-state index contributed by atoms with van der Waals surface area (Å²) >= 11 is 0. The molecule has 0 saturated heterocycles. The number of carbonyl (C=O) groups excluding carboxylic acids is 3. The number of alkyl carbamates (subject to hydrolysis) is 1. The number of ketones is 1. The summed E-state index contributed by atoms with van der Waals surface area (Å²) in [4.78, 5) is 100. The number of nitrogens with zero attached hydrogens (tertiary/aromatic N) is 5. The van der Waals surface area contributed by atoms with Crippen molar-refractivity contribution in [3.63, 3.8) is 0 Å². The van der Waals surface area contributed by atoms with E-state index in [9.17, 15) is 47.8 Å². The molecule has 8 N–H and O–H groups in total. The number of hydrogen-bond donors (Lipinski definition) is 7. The Morgan fingerprint density at radius 2 is 1.52 bits per heavy atom. The molecule has 0 fully saturated rings. The largest absolute Gasteiger partial charge is 0.490 e. The predicted octanol–water partition coefficient (Wildman–Crippen LogP) is 9.22. The Balaban J connectivity index is 0.568. The number of hydrogen-bond acceptors (Lipinski definition) is 26. The van der Waals surface area contributed by atoms with Crippen LogP contribution >= 0.6 is 66.6 Å². The molecule has 1 amide bonds. The van der Waals surface area contributed by atoms with E-state index >= 15 is 0 Å². The lowest BCUT2D eigenvalue weighted by molar-refractivity contribution is -0.143. The first-order valence-corrected chi connectivity index (χ1v) is 44.1. The van der Waals surface area contributed by atoms with Crippen LogP contribution in [0.3, 0.4) is 0 Å². The Bertz CT molecular complexity index is 4320. The summed E-state index contributed by atoms with van der Waals surface area (Å²) in [6, 6.07) is 9.50. The smallest absolute Gasteiger partial charge is 0.478 e. The lowest BCUT2D eigenvalue weighted by atomic mass is 9.81. The average molecular weight is 1590 g/mol. The molecule has 0 saturated carbocycles. The second kappa shape index (κ2) is 38.7. The topological polar surface area (TPSA) is 397 Å². The van der Waals surface area contributed by atoms with Gasteiger partial charge in [-0.25, -0.2) is 37.8 Å². The van der Waals surface area contributed by atoms with Crippen molar-refractivity contribution >= 4 is 119 Å². The molecular weight excluding hydrogens is 1500 g/mol. The molecule has 0 aliphatic carbocycles. The van der Waals surface area contributed by atoms with E-state index in [-0.39, 0.29) is 93.4 Å². The van der Waals surface area contributed by atoms with Crippen LogP contribution in [0, 0.1) is 11.8 Å². The first kappa shape index (κ1) is 81.9. The number of aryl methyl sites for hydroxylation is 2. The first-order valence-electron chi connectivity index (χ1n) is 34.5. The molecule has 0 radical (unpaired) electrons. The van der Waals surface area contributed by atoms with Gasteiger partial charge in [-0.05, 0) is 120 Å². The number of nitrogen functional groups attached to an aromatic ring is 1. The summed E-state index contributed by atoms with van der Waals surface area (Å²) in [6.07, 6.45) is 13.4. The minimum atomic E-state index is -5.75. The molecule has 2 unspecified atom stereocenters. The van der Waals surface area contributed by atoms with Crippen LogP contribution in [0.5, 0.6) is 11.5 Å². The van der Waals surface area contributed by atoms with Crippen molar-refractivity contribution in [2.75, 3.05) is 121 Å². The highest BCUT2D eigenvalue weighted by molar-refractivity contribution is 8.77. The number of carbonyl (C=O) groups is 4. The number of carboxylic acid groups (broad SMARTS) is 1. The van der Waals surface area contributed by atoms with E-state index in [4.69, 9.17) is 57.9 Å². The third-order valence-corrected chi connectivity index (χ3v) is 25.9. The second-order valence-electron chi connectivity index (χ2n) is 25.7. The minimum absolute atomic E-state index is 0.0116. The number of rotatable bonds is 42. The molecule has 5 aliphatic heterocycles. The van der Waals surface area contributed by atoms with Gasteiger partial charge >= 0.3 is 41.5 Å². The summed E-state index contributed by atoms with van der Waals surface area (Å²) in [5.41, 5.74) is 16.0. The van der Waals surface area contributed by atoms with Crippen LogP contribution in [0.1, 0.15) is 144 Å². The molecular formula is C68H89N7O23P3S4+. The molecule has 105 heavy (non-hydrogen) atoms. The van der Waals surface area contributed by atoms with Crippen molar-refractivity contribution in [2.24, 2.45) is 0 Å². The highest BCUT2D eigenvalue weighted by atomic mass is 33.1. The Morgan fingerprint density at radius 1 is 0.781 bits per heavy atom. The van der Waals surface area contributed by atoms with E-state index in [0.717, 1.165) is 105 Å². The molecule has 5 aliphatic rings. The number of amides is 1. The molecule has 572 valence electrons. The predicted molar refractivity (Wildman–Crippen MR) is 398 cm³/mol. The van der Waals surface area contributed by atoms with Crippen molar-refractivity contribution in [2.45, 2.75) is 128 Å². The summed E-state index contributed by atoms with van der Waals surface area (Å²) in [6.45, 7) is 9.16. The Morgan fingerprint density at radius 3 is 2.31 bits per heavy atom. The van der Waals surface area contributed by atoms with Crippen LogP contribution in [0.15, 0.2) is 42.9 Å². The van der Waals surface area contributed by atoms with Gasteiger partial charge in [0.05, 0.1) is 74.7 Å². The normalized spacial score (nSPS) is 16.0. The zero-order valence-corrected chi connectivity index (χ0v) is 64.6. The molecule has 3 aromatic carbocycles. The quantitative estimate of drug-likeness (QED) is 0.00274. The number of phosphoric acid groups is 3. The maximum absolute atomic E-state index is 14.0. The van der Waals surface area contributed by atoms with Crippen LogP contribution in [-0.2, 0) is 97.2 Å². The first-order chi connectivity index (χ1) is 50.4. The molecule has 30 nitrogen and oxygen atoms in total. The van der Waals surface area contributed by atoms with Gasteiger partial charge < -0.3 is 83.1 Å². The fourth-order valence-corrected chi connectivity index (χ4v) is 19.1. The van der Waals surface area contributed by atoms with E-state index in [0.29, 0.717) is 79.2 Å². The number of anilines is 2. The number of nitrogens with one attached hydrogen (secondary N) is 1. The SMILES string of the molecule is CSSCOC[C@@H](COP(=O)(O)OP(=O)(O)OP(=O)(O)O)OCn1cc(C#CCCC(=O)OCCCCOCSSC(C)(C)CCOC(=O)NCCOCCOCCCC(=O)c2ccc(C(=O)O)c(C3=c4cc5c6c(c4Oc4c3cc3c7c4CCCN7CCC3)CCC[N+]=6CCC5)c2)c2c(N)ncnc21. The van der Waals surface area contributed by atoms with Crippen LogP contribution in [-0.4, -0.2) is 184 Å². The number of phosphoric ester groups is 1. The number of nitrogens with two attached hydrogens (primary N) is 1. The monoisotopic (exact) mass is 1590 g/mol. The fourth-order valence-electron chi connectivity index (χ4n) is 13.0. The minimum Gasteiger partial charge on any atom is -0.478 e. The Hall–Kier alpha value is -5.60. The maximum atomic E-state index is 14.0. The number of unbranched alkanes of at least 4 members (excludes halogenated alkanes) is 1. The van der Waals surface area contributed by atoms with Gasteiger partial charge in [0.2, 0.25) is 5.36 Å². The highest BCUT2D eigenvalue weighted by Crippen LogP contribution is 2.66. The lowest BCUT2D eigenvalue weighted by Gasteiger charge is -2.39. The summed E-state index contributed by atoms with van der Waals surface area (Å²) in [7, 11) is -10.9. The number of carboxylic acids is 1. The van der Waals surface area contributed by atoms with Gasteiger partial charge in [-0.15, -0.1) is 0 Å². The van der Waals surface area contributed by atoms with Crippen LogP contribution in [0.2, 0.25) is 0 Å². The van der Waals surface area contributed by atoms with Crippen molar-refractivity contribution in [1.82, 2.24) is 24.4 Å². The van der Waals surface area contributed by atoms with E-state index in [1.54, 1.807) is 46.0 Å². The number of ether oxygens (including phenoxy) is 8. The molecule has 2 aromatic heterocycles. The van der Waals surface area contributed by atoms with Gasteiger partial charge in [0.1, 0.15) is 67.1 Å². The van der Waals surface area contributed by atoms with Crippen molar-refractivity contribution < 1.29 is 109 Å². The number of benzene rings is 3. The second-order valence-corrected chi connectivity index (χ2v) is 35.6. The zero-order valence-electron chi connectivity index (χ0n) is 58.6. The third kappa shape index (κ3) is 23.2. The lowest BCUT2D eigenvalue weighted by Crippen LogP contribution is -2.45. The molecule has 37 heteroatoms. The summed E-state index contributed by atoms with van der Waals surface area (Å²) < 4.78 is 98.0. The van der Waals surface area contributed by atoms with Gasteiger partial charge in [0.15, 0.2) is 5.78 Å². The van der Waals surface area contributed by atoms with Gasteiger partial charge in [0.25, 0.3) is 0 Å². The molecule has 0 spiro atoms. The Kier molecular flexibility index (Phi) is 30.2. The van der Waals surface area contributed by atoms with E-state index in [1.165, 1.54) is 65.8 Å². The van der Waals surface area contributed by atoms with Gasteiger partial charge in [0, 0.05) is 108 Å². The van der Waals surface area contributed by atoms with Gasteiger partial charge in [-0.1, -0.05) is 61.1 Å². The molecule has 0 bridgehead atoms. The van der Waals surface area contributed by atoms with E-state index in [2.05, 4.69) is 71.2 Å². The van der Waals surface area contributed by atoms with Crippen molar-refractivity contribution in [3.8, 4) is 23.3 Å². The van der Waals surface area contributed by atoms with Crippen LogP contribution < -0.4 is 35.8 Å². The number of fused-ring (bicyclic) bond motifs is 5. The molecule has 7 heterocycles. The van der Waals surface area contributed by atoms with Crippen LogP contribution in [0.4, 0.5) is 16.3 Å². The highest BCUT2D eigenvalue weighted by Gasteiger charge is 2.42. The van der Waals surface area contributed by atoms with Crippen LogP contribution in [0.25, 0.3) is 16.6 Å². The molecule has 3 atom stereocenters. The van der Waals surface area contributed by atoms with E-state index < -0.39 is 54.2 Å². The zero-order chi connectivity index (χ0) is 74.7. The van der Waals surface area contributed by atoms with E-state index in [1.807, 2.05) is 6.26 Å². The summed E-state index contributed by atoms with van der Waals surface area (Å²) in [5, 5.41) is 16.1. The fraction of sp³-hybridized carbons (Fsp3) is 0.544. The van der Waals surface area contributed by atoms with Gasteiger partial charge in [-0.3, -0.25) is 14.1 Å². The third-order valence-electron chi connectivity index (χ3n) is 17.6. The van der Waals surface area contributed by atoms with Crippen molar-refractivity contribution in [3.05, 3.63) is 104 Å². The standard InChI is InChI=1S/C68H88N7O23P3S4/c1-68(2,105-104-43-90-28-6-7-30-92-57(77)19-5-4-13-48-38-75(65-58(48)64(69)71-41-72-65)42-94-49(39-91-44-103-102-3)40-95-100(84,85)98-101(86,87)97-99(81,82)83)22-31-93-67(80)70-23-32-89-34-33-88-29-12-18-56(76)45-20-21-50(66(78)79)53(35-45)59-54-36-46-14-8-24-73-26-10-16-51(60(46)73)62(54)96-63-52-17-11-27-74-25-9-15-47(61(52)74)37-55(59)63/h20-21,35-38,41,49H,5-12,14-19,22-34,39-40,42-44H2,1-3H3,(H7-,69,70,71,72,78,79,80,81,82,83,84,85,86,87)/p+1/t49-/m0/s1. The average Bonchev–Trinajstić information content (AvgIpc) is 0.837.